The van der Waals surface area contributed by atoms with E-state index < -0.39 is 6.61 Å². The maximum atomic E-state index is 12.3. The van der Waals surface area contributed by atoms with Crippen molar-refractivity contribution in [1.82, 2.24) is 14.8 Å². The number of halogens is 3. The Kier molecular flexibility index (Phi) is 4.30. The van der Waals surface area contributed by atoms with Crippen molar-refractivity contribution in [2.24, 2.45) is 0 Å². The lowest BCUT2D eigenvalue weighted by Crippen LogP contribution is -2.20. The summed E-state index contributed by atoms with van der Waals surface area (Å²) in [6.45, 7) is -2.85. The van der Waals surface area contributed by atoms with E-state index in [0.717, 1.165) is 16.8 Å². The summed E-state index contributed by atoms with van der Waals surface area (Å²) in [7, 11) is 0. The van der Waals surface area contributed by atoms with Crippen molar-refractivity contribution in [3.8, 4) is 5.75 Å². The second-order valence-electron chi connectivity index (χ2n) is 5.63. The minimum Gasteiger partial charge on any atom is -0.435 e. The van der Waals surface area contributed by atoms with Crippen LogP contribution in [-0.4, -0.2) is 21.4 Å². The average molecular weight is 375 g/mol. The second-order valence-corrected chi connectivity index (χ2v) is 6.07. The number of anilines is 1. The Hall–Kier alpha value is -2.93. The van der Waals surface area contributed by atoms with Crippen LogP contribution < -0.4 is 10.1 Å². The van der Waals surface area contributed by atoms with E-state index in [2.05, 4.69) is 20.1 Å². The Morgan fingerprint density at radius 3 is 2.50 bits per heavy atom. The fourth-order valence-electron chi connectivity index (χ4n) is 2.82. The lowest BCUT2D eigenvalue weighted by Gasteiger charge is -2.24. The Morgan fingerprint density at radius 1 is 1.08 bits per heavy atom. The number of hydrogen-bond acceptors (Lipinski definition) is 4. The van der Waals surface area contributed by atoms with Gasteiger partial charge in [0.15, 0.2) is 0 Å². The summed E-state index contributed by atoms with van der Waals surface area (Å²) >= 11 is 5.96. The fraction of sp³-hybridized carbons (Fsp3) is 0.111. The van der Waals surface area contributed by atoms with Crippen LogP contribution in [-0.2, 0) is 0 Å². The van der Waals surface area contributed by atoms with E-state index in [1.54, 1.807) is 16.8 Å². The summed E-state index contributed by atoms with van der Waals surface area (Å²) in [5.74, 6) is 0.703. The van der Waals surface area contributed by atoms with E-state index in [9.17, 15) is 8.78 Å². The lowest BCUT2D eigenvalue weighted by atomic mass is 10.0. The predicted octanol–water partition coefficient (Wildman–Crippen LogP) is 4.59. The molecule has 0 amide bonds. The zero-order valence-electron chi connectivity index (χ0n) is 13.3. The monoisotopic (exact) mass is 374 g/mol. The van der Waals surface area contributed by atoms with Crippen LogP contribution in [0.25, 0.3) is 5.70 Å². The molecule has 0 unspecified atom stereocenters. The quantitative estimate of drug-likeness (QED) is 0.725. The molecule has 1 aliphatic heterocycles. The Morgan fingerprint density at radius 2 is 1.81 bits per heavy atom. The SMILES string of the molecule is FC(F)Oc1ccc([C@@H]2C=C(c3ccc(Cl)cc3)Nc3ncnn32)cc1. The van der Waals surface area contributed by atoms with Crippen molar-refractivity contribution in [1.29, 1.82) is 0 Å². The van der Waals surface area contributed by atoms with Gasteiger partial charge in [-0.1, -0.05) is 35.9 Å². The summed E-state index contributed by atoms with van der Waals surface area (Å²) in [6, 6.07) is 13.7. The number of rotatable bonds is 4. The Balaban J connectivity index is 1.70. The zero-order valence-corrected chi connectivity index (χ0v) is 14.1. The minimum atomic E-state index is -2.85. The topological polar surface area (TPSA) is 52.0 Å². The summed E-state index contributed by atoms with van der Waals surface area (Å²) in [4.78, 5) is 4.23. The molecule has 0 saturated carbocycles. The molecule has 1 atom stereocenters. The number of fused-ring (bicyclic) bond motifs is 1. The van der Waals surface area contributed by atoms with Gasteiger partial charge < -0.3 is 10.1 Å². The highest BCUT2D eigenvalue weighted by Crippen LogP contribution is 2.33. The van der Waals surface area contributed by atoms with Gasteiger partial charge in [-0.15, -0.1) is 0 Å². The smallest absolute Gasteiger partial charge is 0.387 e. The number of nitrogens with zero attached hydrogens (tertiary/aromatic N) is 3. The van der Waals surface area contributed by atoms with E-state index in [4.69, 9.17) is 11.6 Å². The molecule has 4 rings (SSSR count). The summed E-state index contributed by atoms with van der Waals surface area (Å²) in [6.07, 6.45) is 3.45. The lowest BCUT2D eigenvalue weighted by molar-refractivity contribution is -0.0498. The van der Waals surface area contributed by atoms with Crippen LogP contribution in [0.1, 0.15) is 17.2 Å². The van der Waals surface area contributed by atoms with Crippen LogP contribution in [0, 0.1) is 0 Å². The van der Waals surface area contributed by atoms with Crippen molar-refractivity contribution in [2.45, 2.75) is 12.7 Å². The first-order chi connectivity index (χ1) is 12.6. The van der Waals surface area contributed by atoms with Crippen molar-refractivity contribution in [3.05, 3.63) is 77.1 Å². The number of hydrogen-bond donors (Lipinski definition) is 1. The Bertz CT molecular complexity index is 939. The molecule has 0 saturated heterocycles. The molecule has 1 aliphatic rings. The number of ether oxygens (including phenoxy) is 1. The van der Waals surface area contributed by atoms with Gasteiger partial charge in [0.1, 0.15) is 18.1 Å². The van der Waals surface area contributed by atoms with Gasteiger partial charge in [-0.05, 0) is 41.5 Å². The molecule has 8 heteroatoms. The van der Waals surface area contributed by atoms with Gasteiger partial charge in [0.05, 0.1) is 0 Å². The number of aromatic nitrogens is 3. The number of nitrogens with one attached hydrogen (secondary N) is 1. The molecule has 26 heavy (non-hydrogen) atoms. The largest absolute Gasteiger partial charge is 0.435 e. The molecular weight excluding hydrogens is 362 g/mol. The molecule has 2 aromatic carbocycles. The molecule has 3 aromatic rings. The van der Waals surface area contributed by atoms with Crippen LogP contribution in [0.3, 0.4) is 0 Å². The summed E-state index contributed by atoms with van der Waals surface area (Å²) in [5.41, 5.74) is 2.68. The van der Waals surface area contributed by atoms with Crippen LogP contribution in [0.4, 0.5) is 14.7 Å². The molecule has 1 aromatic heterocycles. The normalized spacial score (nSPS) is 16.0. The van der Waals surface area contributed by atoms with Gasteiger partial charge in [0.2, 0.25) is 5.95 Å². The first-order valence-electron chi connectivity index (χ1n) is 7.79. The molecule has 0 bridgehead atoms. The predicted molar refractivity (Wildman–Crippen MR) is 94.3 cm³/mol. The van der Waals surface area contributed by atoms with E-state index in [1.165, 1.54) is 18.5 Å². The average Bonchev–Trinajstić information content (AvgIpc) is 3.10. The van der Waals surface area contributed by atoms with Gasteiger partial charge in [-0.25, -0.2) is 4.68 Å². The third kappa shape index (κ3) is 3.25. The standard InChI is InChI=1S/C18H13ClF2N4O/c19-13-5-1-11(2-6-13)15-9-16(25-18(24-15)22-10-23-25)12-3-7-14(8-4-12)26-17(20)21/h1-10,16-17H,(H,22,23,24)/t16-/m0/s1. The molecule has 0 aliphatic carbocycles. The first-order valence-corrected chi connectivity index (χ1v) is 8.17. The van der Waals surface area contributed by atoms with Crippen molar-refractivity contribution >= 4 is 23.2 Å². The van der Waals surface area contributed by atoms with Gasteiger partial charge in [0, 0.05) is 10.7 Å². The van der Waals surface area contributed by atoms with Crippen molar-refractivity contribution in [3.63, 3.8) is 0 Å². The van der Waals surface area contributed by atoms with Crippen molar-refractivity contribution in [2.75, 3.05) is 5.32 Å². The van der Waals surface area contributed by atoms with Crippen molar-refractivity contribution < 1.29 is 13.5 Å². The first kappa shape index (κ1) is 16.5. The van der Waals surface area contributed by atoms with E-state index >= 15 is 0 Å². The second kappa shape index (κ2) is 6.76. The number of benzene rings is 2. The van der Waals surface area contributed by atoms with E-state index in [0.29, 0.717) is 11.0 Å². The highest BCUT2D eigenvalue weighted by Gasteiger charge is 2.23. The van der Waals surface area contributed by atoms with Crippen LogP contribution in [0.2, 0.25) is 5.02 Å². The molecule has 2 heterocycles. The van der Waals surface area contributed by atoms with E-state index in [-0.39, 0.29) is 11.8 Å². The molecule has 1 N–H and O–H groups in total. The molecule has 0 fully saturated rings. The fourth-order valence-corrected chi connectivity index (χ4v) is 2.94. The van der Waals surface area contributed by atoms with Gasteiger partial charge in [-0.3, -0.25) is 0 Å². The van der Waals surface area contributed by atoms with Gasteiger partial charge >= 0.3 is 6.61 Å². The third-order valence-electron chi connectivity index (χ3n) is 4.01. The molecule has 132 valence electrons. The maximum Gasteiger partial charge on any atom is 0.387 e. The van der Waals surface area contributed by atoms with Crippen LogP contribution in [0.5, 0.6) is 5.75 Å². The maximum absolute atomic E-state index is 12.3. The Labute approximate surface area is 152 Å². The summed E-state index contributed by atoms with van der Waals surface area (Å²) < 4.78 is 30.8. The summed E-state index contributed by atoms with van der Waals surface area (Å²) in [5, 5.41) is 8.14. The number of alkyl halides is 2. The third-order valence-corrected chi connectivity index (χ3v) is 4.26. The highest BCUT2D eigenvalue weighted by molar-refractivity contribution is 6.30. The van der Waals surface area contributed by atoms with Gasteiger partial charge in [0.25, 0.3) is 0 Å². The molecule has 0 radical (unpaired) electrons. The molecular formula is C18H13ClF2N4O. The highest BCUT2D eigenvalue weighted by atomic mass is 35.5. The molecule has 0 spiro atoms. The number of allylic oxidation sites excluding steroid dienone is 1. The zero-order chi connectivity index (χ0) is 18.1. The minimum absolute atomic E-state index is 0.110. The van der Waals surface area contributed by atoms with Gasteiger partial charge in [-0.2, -0.15) is 18.9 Å². The molecule has 5 nitrogen and oxygen atoms in total. The van der Waals surface area contributed by atoms with E-state index in [1.807, 2.05) is 30.3 Å². The van der Waals surface area contributed by atoms with Crippen LogP contribution >= 0.6 is 11.6 Å². The van der Waals surface area contributed by atoms with Crippen LogP contribution in [0.15, 0.2) is 60.9 Å².